The predicted molar refractivity (Wildman–Crippen MR) is 140 cm³/mol. The Kier molecular flexibility index (Phi) is 9.74. The lowest BCUT2D eigenvalue weighted by molar-refractivity contribution is 0.0189. The Bertz CT molecular complexity index is 1090. The Balaban J connectivity index is 1.32. The van der Waals surface area contributed by atoms with Gasteiger partial charge in [0.25, 0.3) is 0 Å². The summed E-state index contributed by atoms with van der Waals surface area (Å²) in [7, 11) is 0. The molecule has 0 aromatic heterocycles. The molecule has 0 radical (unpaired) electrons. The zero-order valence-electron chi connectivity index (χ0n) is 22.4. The van der Waals surface area contributed by atoms with Gasteiger partial charge in [-0.15, -0.1) is 0 Å². The number of esters is 1. The van der Waals surface area contributed by atoms with Gasteiger partial charge in [-0.25, -0.2) is 18.0 Å². The summed E-state index contributed by atoms with van der Waals surface area (Å²) >= 11 is 0. The van der Waals surface area contributed by atoms with Crippen LogP contribution in [0.3, 0.4) is 0 Å². The van der Waals surface area contributed by atoms with Crippen LogP contribution in [-0.2, 0) is 4.74 Å². The van der Waals surface area contributed by atoms with Gasteiger partial charge < -0.3 is 14.6 Å². The second-order valence-corrected chi connectivity index (χ2v) is 10.8. The van der Waals surface area contributed by atoms with E-state index >= 15 is 4.39 Å². The smallest absolute Gasteiger partial charge is 0.341 e. The molecule has 1 unspecified atom stereocenters. The highest BCUT2D eigenvalue weighted by Gasteiger charge is 2.31. The third-order valence-corrected chi connectivity index (χ3v) is 8.35. The Morgan fingerprint density at radius 1 is 0.921 bits per heavy atom. The zero-order chi connectivity index (χ0) is 27.2. The topological polar surface area (TPSA) is 55.8 Å². The number of aliphatic hydroxyl groups excluding tert-OH is 1. The summed E-state index contributed by atoms with van der Waals surface area (Å²) in [5.41, 5.74) is 0.799. The van der Waals surface area contributed by atoms with Crippen LogP contribution < -0.4 is 4.74 Å². The van der Waals surface area contributed by atoms with Gasteiger partial charge in [0.1, 0.15) is 6.10 Å². The van der Waals surface area contributed by atoms with Crippen LogP contribution in [0.2, 0.25) is 0 Å². The van der Waals surface area contributed by atoms with Gasteiger partial charge in [0, 0.05) is 0 Å². The Morgan fingerprint density at radius 2 is 1.61 bits per heavy atom. The van der Waals surface area contributed by atoms with Crippen LogP contribution in [0.5, 0.6) is 5.75 Å². The number of benzene rings is 2. The van der Waals surface area contributed by atoms with Gasteiger partial charge in [0.05, 0.1) is 18.3 Å². The standard InChI is InChI=1S/C31H39F3O4/c1-3-5-27(35)21-8-6-20(7-9-21)24-15-16-25(30(34)29(24)33)31(36)38-23-13-10-19(11-14-23)22-12-17-28(37-4-2)26(32)18-22/h12,15-21,23,27,35H,3-11,13-14H2,1-2H3. The molecule has 2 aromatic rings. The van der Waals surface area contributed by atoms with Crippen LogP contribution in [-0.4, -0.2) is 29.9 Å². The number of carbonyl (C=O) groups excluding carboxylic acids is 1. The Labute approximate surface area is 223 Å². The molecule has 7 heteroatoms. The fourth-order valence-electron chi connectivity index (χ4n) is 6.16. The maximum Gasteiger partial charge on any atom is 0.341 e. The molecule has 1 atom stereocenters. The first-order chi connectivity index (χ1) is 18.3. The Morgan fingerprint density at radius 3 is 2.24 bits per heavy atom. The fraction of sp³-hybridized carbons (Fsp3) is 0.581. The molecule has 4 rings (SSSR count). The molecular weight excluding hydrogens is 493 g/mol. The molecule has 0 amide bonds. The summed E-state index contributed by atoms with van der Waals surface area (Å²) in [5.74, 6) is -2.91. The summed E-state index contributed by atoms with van der Waals surface area (Å²) in [6.45, 7) is 4.23. The maximum absolute atomic E-state index is 15.0. The number of hydrogen-bond acceptors (Lipinski definition) is 4. The number of ether oxygens (including phenoxy) is 2. The molecule has 2 fully saturated rings. The highest BCUT2D eigenvalue weighted by molar-refractivity contribution is 5.90. The van der Waals surface area contributed by atoms with Crippen molar-refractivity contribution in [3.63, 3.8) is 0 Å². The molecule has 0 aliphatic heterocycles. The molecular formula is C31H39F3O4. The van der Waals surface area contributed by atoms with Crippen molar-refractivity contribution in [2.75, 3.05) is 6.61 Å². The molecule has 2 aliphatic carbocycles. The van der Waals surface area contributed by atoms with E-state index in [-0.39, 0.29) is 41.0 Å². The third-order valence-electron chi connectivity index (χ3n) is 8.35. The number of carbonyl (C=O) groups is 1. The van der Waals surface area contributed by atoms with E-state index in [1.165, 1.54) is 18.2 Å². The number of rotatable bonds is 9. The Hall–Kier alpha value is -2.54. The van der Waals surface area contributed by atoms with E-state index in [4.69, 9.17) is 9.47 Å². The van der Waals surface area contributed by atoms with Crippen molar-refractivity contribution in [1.29, 1.82) is 0 Å². The zero-order valence-corrected chi connectivity index (χ0v) is 22.4. The van der Waals surface area contributed by atoms with Gasteiger partial charge in [-0.05, 0) is 112 Å². The van der Waals surface area contributed by atoms with Crippen molar-refractivity contribution in [1.82, 2.24) is 0 Å². The van der Waals surface area contributed by atoms with Crippen LogP contribution in [0, 0.1) is 23.4 Å². The number of hydrogen-bond donors (Lipinski definition) is 1. The lowest BCUT2D eigenvalue weighted by Crippen LogP contribution is -2.26. The first-order valence-electron chi connectivity index (χ1n) is 14.1. The lowest BCUT2D eigenvalue weighted by atomic mass is 9.76. The summed E-state index contributed by atoms with van der Waals surface area (Å²) in [5, 5.41) is 10.3. The van der Waals surface area contributed by atoms with Crippen molar-refractivity contribution in [2.45, 2.75) is 102 Å². The third kappa shape index (κ3) is 6.53. The van der Waals surface area contributed by atoms with E-state index in [1.54, 1.807) is 13.0 Å². The van der Waals surface area contributed by atoms with E-state index in [1.807, 2.05) is 13.0 Å². The number of halogens is 3. The van der Waals surface area contributed by atoms with Gasteiger partial charge >= 0.3 is 5.97 Å². The molecule has 0 saturated heterocycles. The summed E-state index contributed by atoms with van der Waals surface area (Å²) in [4.78, 5) is 12.7. The molecule has 38 heavy (non-hydrogen) atoms. The fourth-order valence-corrected chi connectivity index (χ4v) is 6.16. The van der Waals surface area contributed by atoms with Crippen LogP contribution in [0.25, 0.3) is 0 Å². The molecule has 4 nitrogen and oxygen atoms in total. The second kappa shape index (κ2) is 13.0. The largest absolute Gasteiger partial charge is 0.491 e. The summed E-state index contributed by atoms with van der Waals surface area (Å²) in [6, 6.07) is 7.86. The molecule has 2 aromatic carbocycles. The van der Waals surface area contributed by atoms with Gasteiger partial charge in [-0.1, -0.05) is 25.5 Å². The van der Waals surface area contributed by atoms with Crippen LogP contribution >= 0.6 is 0 Å². The summed E-state index contributed by atoms with van der Waals surface area (Å²) in [6.07, 6.45) is 6.44. The van der Waals surface area contributed by atoms with Gasteiger partial charge in [0.2, 0.25) is 0 Å². The molecule has 0 bridgehead atoms. The minimum atomic E-state index is -1.15. The molecule has 0 spiro atoms. The van der Waals surface area contributed by atoms with Crippen molar-refractivity contribution in [3.8, 4) is 5.75 Å². The van der Waals surface area contributed by atoms with E-state index in [0.29, 0.717) is 50.7 Å². The van der Waals surface area contributed by atoms with Crippen molar-refractivity contribution in [3.05, 3.63) is 64.5 Å². The minimum absolute atomic E-state index is 0.123. The molecule has 208 valence electrons. The van der Waals surface area contributed by atoms with Crippen LogP contribution in [0.15, 0.2) is 30.3 Å². The molecule has 2 aliphatic rings. The average Bonchev–Trinajstić information content (AvgIpc) is 2.92. The SMILES string of the molecule is CCCC(O)C1CCC(c2ccc(C(=O)OC3CCC(c4ccc(OCC)c(F)c4)CC3)c(F)c2F)CC1. The van der Waals surface area contributed by atoms with Gasteiger partial charge in [0.15, 0.2) is 23.2 Å². The quantitative estimate of drug-likeness (QED) is 0.335. The van der Waals surface area contributed by atoms with Gasteiger partial charge in [-0.3, -0.25) is 0 Å². The lowest BCUT2D eigenvalue weighted by Gasteiger charge is -2.32. The first-order valence-corrected chi connectivity index (χ1v) is 14.1. The van der Waals surface area contributed by atoms with Crippen LogP contribution in [0.4, 0.5) is 13.2 Å². The summed E-state index contributed by atoms with van der Waals surface area (Å²) < 4.78 is 55.1. The molecule has 0 heterocycles. The molecule has 1 N–H and O–H groups in total. The average molecular weight is 533 g/mol. The van der Waals surface area contributed by atoms with E-state index in [0.717, 1.165) is 31.2 Å². The van der Waals surface area contributed by atoms with E-state index in [9.17, 15) is 18.7 Å². The minimum Gasteiger partial charge on any atom is -0.491 e. The van der Waals surface area contributed by atoms with E-state index < -0.39 is 23.7 Å². The van der Waals surface area contributed by atoms with Gasteiger partial charge in [-0.2, -0.15) is 0 Å². The maximum atomic E-state index is 15.0. The van der Waals surface area contributed by atoms with Crippen molar-refractivity contribution < 1.29 is 32.5 Å². The van der Waals surface area contributed by atoms with Crippen molar-refractivity contribution in [2.24, 2.45) is 5.92 Å². The highest BCUT2D eigenvalue weighted by Crippen LogP contribution is 2.40. The normalized spacial score (nSPS) is 24.6. The second-order valence-electron chi connectivity index (χ2n) is 10.8. The first kappa shape index (κ1) is 28.5. The van der Waals surface area contributed by atoms with Crippen molar-refractivity contribution >= 4 is 5.97 Å². The number of aliphatic hydroxyl groups is 1. The highest BCUT2D eigenvalue weighted by atomic mass is 19.2. The van der Waals surface area contributed by atoms with Crippen LogP contribution in [0.1, 0.15) is 111 Å². The monoisotopic (exact) mass is 532 g/mol. The molecule has 2 saturated carbocycles. The van der Waals surface area contributed by atoms with E-state index in [2.05, 4.69) is 0 Å². The predicted octanol–water partition coefficient (Wildman–Crippen LogP) is 7.82.